The first-order chi connectivity index (χ1) is 7.74. The van der Waals surface area contributed by atoms with Gasteiger partial charge in [-0.1, -0.05) is 0 Å². The lowest BCUT2D eigenvalue weighted by atomic mass is 9.97. The molecule has 0 fully saturated rings. The van der Waals surface area contributed by atoms with Crippen LogP contribution in [0.3, 0.4) is 0 Å². The lowest BCUT2D eigenvalue weighted by molar-refractivity contribution is -0.107. The second-order valence-corrected chi connectivity index (χ2v) is 4.03. The molecule has 2 rings (SSSR count). The van der Waals surface area contributed by atoms with Gasteiger partial charge in [-0.3, -0.25) is 0 Å². The van der Waals surface area contributed by atoms with Crippen molar-refractivity contribution in [2.24, 2.45) is 0 Å². The first-order valence-corrected chi connectivity index (χ1v) is 5.56. The third-order valence-corrected chi connectivity index (χ3v) is 2.99. The minimum Gasteiger partial charge on any atom is -0.486 e. The molecule has 1 aliphatic heterocycles. The zero-order chi connectivity index (χ0) is 11.5. The second-order valence-electron chi connectivity index (χ2n) is 4.03. The Hall–Kier alpha value is -1.51. The summed E-state index contributed by atoms with van der Waals surface area (Å²) in [6, 6.07) is 2.01. The second kappa shape index (κ2) is 4.56. The molecule has 0 N–H and O–H groups in total. The Morgan fingerprint density at radius 2 is 2.06 bits per heavy atom. The van der Waals surface area contributed by atoms with E-state index in [1.807, 2.05) is 6.07 Å². The van der Waals surface area contributed by atoms with Crippen LogP contribution in [-0.4, -0.2) is 19.5 Å². The standard InChI is InChI=1S/C13H16O3/c1-9-8-12-13(16-7-6-15-12)11(10(9)2)4-3-5-14/h5,8H,3-4,6-7H2,1-2H3. The van der Waals surface area contributed by atoms with E-state index in [-0.39, 0.29) is 0 Å². The first-order valence-electron chi connectivity index (χ1n) is 5.56. The first kappa shape index (κ1) is 11.0. The number of carbonyl (C=O) groups is 1. The van der Waals surface area contributed by atoms with E-state index in [0.717, 1.165) is 29.8 Å². The van der Waals surface area contributed by atoms with Gasteiger partial charge in [0.15, 0.2) is 11.5 Å². The summed E-state index contributed by atoms with van der Waals surface area (Å²) in [5, 5.41) is 0. The molecule has 0 unspecified atom stereocenters. The molecule has 86 valence electrons. The van der Waals surface area contributed by atoms with Crippen LogP contribution in [0.4, 0.5) is 0 Å². The normalized spacial score (nSPS) is 13.6. The number of fused-ring (bicyclic) bond motifs is 1. The van der Waals surface area contributed by atoms with Crippen LogP contribution in [0.25, 0.3) is 0 Å². The van der Waals surface area contributed by atoms with Crippen molar-refractivity contribution in [1.82, 2.24) is 0 Å². The molecule has 0 saturated carbocycles. The summed E-state index contributed by atoms with van der Waals surface area (Å²) in [7, 11) is 0. The Balaban J connectivity index is 2.45. The van der Waals surface area contributed by atoms with E-state index < -0.39 is 0 Å². The Kier molecular flexibility index (Phi) is 3.13. The molecule has 3 heteroatoms. The SMILES string of the molecule is Cc1cc2c(c(CCC=O)c1C)OCCO2. The maximum Gasteiger partial charge on any atom is 0.164 e. The summed E-state index contributed by atoms with van der Waals surface area (Å²) in [6.07, 6.45) is 2.20. The lowest BCUT2D eigenvalue weighted by Crippen LogP contribution is -2.17. The maximum absolute atomic E-state index is 10.5. The number of ether oxygens (including phenoxy) is 2. The van der Waals surface area contributed by atoms with Crippen molar-refractivity contribution in [1.29, 1.82) is 0 Å². The zero-order valence-electron chi connectivity index (χ0n) is 9.71. The largest absolute Gasteiger partial charge is 0.486 e. The number of hydrogen-bond acceptors (Lipinski definition) is 3. The monoisotopic (exact) mass is 220 g/mol. The van der Waals surface area contributed by atoms with Crippen LogP contribution >= 0.6 is 0 Å². The van der Waals surface area contributed by atoms with Crippen molar-refractivity contribution >= 4 is 6.29 Å². The van der Waals surface area contributed by atoms with E-state index >= 15 is 0 Å². The van der Waals surface area contributed by atoms with E-state index in [0.29, 0.717) is 19.6 Å². The minimum absolute atomic E-state index is 0.528. The molecule has 0 aliphatic carbocycles. The molecule has 1 aliphatic rings. The molecule has 0 saturated heterocycles. The van der Waals surface area contributed by atoms with Crippen molar-refractivity contribution in [3.63, 3.8) is 0 Å². The van der Waals surface area contributed by atoms with E-state index in [1.54, 1.807) is 0 Å². The highest BCUT2D eigenvalue weighted by molar-refractivity contribution is 5.57. The van der Waals surface area contributed by atoms with Crippen molar-refractivity contribution in [2.75, 3.05) is 13.2 Å². The van der Waals surface area contributed by atoms with E-state index in [4.69, 9.17) is 9.47 Å². The Labute approximate surface area is 95.4 Å². The van der Waals surface area contributed by atoms with Crippen LogP contribution in [0.5, 0.6) is 11.5 Å². The molecule has 0 atom stereocenters. The van der Waals surface area contributed by atoms with Gasteiger partial charge in [0, 0.05) is 12.0 Å². The van der Waals surface area contributed by atoms with Gasteiger partial charge in [-0.2, -0.15) is 0 Å². The molecule has 0 aromatic heterocycles. The van der Waals surface area contributed by atoms with Crippen LogP contribution < -0.4 is 9.47 Å². The van der Waals surface area contributed by atoms with E-state index in [2.05, 4.69) is 13.8 Å². The number of aldehydes is 1. The highest BCUT2D eigenvalue weighted by Crippen LogP contribution is 2.38. The fourth-order valence-electron chi connectivity index (χ4n) is 1.99. The van der Waals surface area contributed by atoms with Crippen molar-refractivity contribution in [3.05, 3.63) is 22.8 Å². The number of aryl methyl sites for hydroxylation is 1. The van der Waals surface area contributed by atoms with Gasteiger partial charge in [0.25, 0.3) is 0 Å². The fraction of sp³-hybridized carbons (Fsp3) is 0.462. The molecule has 16 heavy (non-hydrogen) atoms. The van der Waals surface area contributed by atoms with Crippen molar-refractivity contribution < 1.29 is 14.3 Å². The average Bonchev–Trinajstić information content (AvgIpc) is 2.30. The summed E-state index contributed by atoms with van der Waals surface area (Å²) in [5.74, 6) is 1.64. The van der Waals surface area contributed by atoms with Gasteiger partial charge in [-0.05, 0) is 37.5 Å². The van der Waals surface area contributed by atoms with Gasteiger partial charge in [0.2, 0.25) is 0 Å². The molecular formula is C13H16O3. The number of hydrogen-bond donors (Lipinski definition) is 0. The molecule has 1 aromatic rings. The predicted molar refractivity (Wildman–Crippen MR) is 61.3 cm³/mol. The fourth-order valence-corrected chi connectivity index (χ4v) is 1.99. The van der Waals surface area contributed by atoms with Crippen LogP contribution in [0.2, 0.25) is 0 Å². The summed E-state index contributed by atoms with van der Waals surface area (Å²) >= 11 is 0. The minimum atomic E-state index is 0.528. The average molecular weight is 220 g/mol. The molecule has 0 radical (unpaired) electrons. The topological polar surface area (TPSA) is 35.5 Å². The summed E-state index contributed by atoms with van der Waals surface area (Å²) in [4.78, 5) is 10.5. The molecular weight excluding hydrogens is 204 g/mol. The number of carbonyl (C=O) groups excluding carboxylic acids is 1. The lowest BCUT2D eigenvalue weighted by Gasteiger charge is -2.23. The molecule has 0 bridgehead atoms. The maximum atomic E-state index is 10.5. The van der Waals surface area contributed by atoms with Crippen LogP contribution in [0.15, 0.2) is 6.07 Å². The smallest absolute Gasteiger partial charge is 0.164 e. The third-order valence-electron chi connectivity index (χ3n) is 2.99. The van der Waals surface area contributed by atoms with Crippen LogP contribution in [0.1, 0.15) is 23.1 Å². The zero-order valence-corrected chi connectivity index (χ0v) is 9.71. The highest BCUT2D eigenvalue weighted by atomic mass is 16.6. The van der Waals surface area contributed by atoms with E-state index in [1.165, 1.54) is 11.1 Å². The van der Waals surface area contributed by atoms with Gasteiger partial charge >= 0.3 is 0 Å². The van der Waals surface area contributed by atoms with Crippen molar-refractivity contribution in [3.8, 4) is 11.5 Å². The predicted octanol–water partition coefficient (Wildman–Crippen LogP) is 2.21. The Morgan fingerprint density at radius 1 is 1.31 bits per heavy atom. The van der Waals surface area contributed by atoms with E-state index in [9.17, 15) is 4.79 Å². The van der Waals surface area contributed by atoms with Gasteiger partial charge in [-0.15, -0.1) is 0 Å². The quantitative estimate of drug-likeness (QED) is 0.733. The molecule has 1 aromatic carbocycles. The van der Waals surface area contributed by atoms with Gasteiger partial charge in [-0.25, -0.2) is 0 Å². The third kappa shape index (κ3) is 1.90. The Morgan fingerprint density at radius 3 is 2.81 bits per heavy atom. The van der Waals surface area contributed by atoms with Crippen LogP contribution in [-0.2, 0) is 11.2 Å². The van der Waals surface area contributed by atoms with Crippen molar-refractivity contribution in [2.45, 2.75) is 26.7 Å². The molecule has 0 spiro atoms. The van der Waals surface area contributed by atoms with Gasteiger partial charge in [0.1, 0.15) is 19.5 Å². The van der Waals surface area contributed by atoms with Crippen LogP contribution in [0, 0.1) is 13.8 Å². The number of benzene rings is 1. The molecule has 0 amide bonds. The molecule has 1 heterocycles. The number of rotatable bonds is 3. The Bertz CT molecular complexity index is 410. The highest BCUT2D eigenvalue weighted by Gasteiger charge is 2.19. The van der Waals surface area contributed by atoms with Gasteiger partial charge in [0.05, 0.1) is 0 Å². The molecule has 3 nitrogen and oxygen atoms in total. The summed E-state index contributed by atoms with van der Waals surface area (Å²) in [6.45, 7) is 5.30. The summed E-state index contributed by atoms with van der Waals surface area (Å²) in [5.41, 5.74) is 3.50. The van der Waals surface area contributed by atoms with Gasteiger partial charge < -0.3 is 14.3 Å². The summed E-state index contributed by atoms with van der Waals surface area (Å²) < 4.78 is 11.2.